The van der Waals surface area contributed by atoms with E-state index in [-0.39, 0.29) is 18.0 Å². The van der Waals surface area contributed by atoms with E-state index in [1.165, 1.54) is 5.56 Å². The van der Waals surface area contributed by atoms with Gasteiger partial charge in [0.1, 0.15) is 5.82 Å². The fraction of sp³-hybridized carbons (Fsp3) is 0.619. The summed E-state index contributed by atoms with van der Waals surface area (Å²) in [6.45, 7) is 7.27. The number of aliphatic hydroxyl groups is 1. The molecule has 1 aromatic heterocycles. The normalized spacial score (nSPS) is 26.0. The average Bonchev–Trinajstić information content (AvgIpc) is 3.25. The summed E-state index contributed by atoms with van der Waals surface area (Å²) in [4.78, 5) is 22.7. The summed E-state index contributed by atoms with van der Waals surface area (Å²) in [6.07, 6.45) is 2.14. The number of aliphatic hydroxyl groups excluding tert-OH is 1. The first-order valence-corrected chi connectivity index (χ1v) is 10.3. The van der Waals surface area contributed by atoms with Crippen molar-refractivity contribution in [2.45, 2.75) is 57.7 Å². The zero-order valence-corrected chi connectivity index (χ0v) is 16.7. The van der Waals surface area contributed by atoms with Gasteiger partial charge in [0.05, 0.1) is 36.4 Å². The van der Waals surface area contributed by atoms with Crippen LogP contribution in [0.25, 0.3) is 11.0 Å². The van der Waals surface area contributed by atoms with E-state index in [0.29, 0.717) is 12.8 Å². The highest BCUT2D eigenvalue weighted by molar-refractivity contribution is 5.80. The fourth-order valence-corrected chi connectivity index (χ4v) is 4.58. The number of rotatable bonds is 5. The standard InChI is InChI=1S/C21H30N4O3/c1-13-11-14(2)20-16(12-13)22-18(24-20)5-6-19(26)23-15-3-4-17(21(15)27)25-7-9-28-10-8-25/h11-12,15,17,21,27H,3-10H2,1-2H3,(H,22,24)(H,23,26)/t15-,17-,21-/m1/s1. The van der Waals surface area contributed by atoms with Crippen molar-refractivity contribution in [2.75, 3.05) is 26.3 Å². The Morgan fingerprint density at radius 2 is 2.11 bits per heavy atom. The molecule has 0 radical (unpaired) electrons. The number of morpholine rings is 1. The lowest BCUT2D eigenvalue weighted by molar-refractivity contribution is -0.122. The number of aromatic nitrogens is 2. The van der Waals surface area contributed by atoms with Crippen molar-refractivity contribution in [3.05, 3.63) is 29.1 Å². The van der Waals surface area contributed by atoms with Crippen LogP contribution in [0.2, 0.25) is 0 Å². The molecule has 1 amide bonds. The Morgan fingerprint density at radius 1 is 1.32 bits per heavy atom. The third-order valence-electron chi connectivity index (χ3n) is 6.00. The Kier molecular flexibility index (Phi) is 5.66. The molecule has 7 nitrogen and oxygen atoms in total. The van der Waals surface area contributed by atoms with Gasteiger partial charge < -0.3 is 20.1 Å². The molecule has 0 bridgehead atoms. The van der Waals surface area contributed by atoms with Crippen LogP contribution in [0.4, 0.5) is 0 Å². The highest BCUT2D eigenvalue weighted by atomic mass is 16.5. The third-order valence-corrected chi connectivity index (χ3v) is 6.00. The second-order valence-corrected chi connectivity index (χ2v) is 8.12. The highest BCUT2D eigenvalue weighted by Crippen LogP contribution is 2.26. The van der Waals surface area contributed by atoms with E-state index in [4.69, 9.17) is 4.74 Å². The summed E-state index contributed by atoms with van der Waals surface area (Å²) in [5.74, 6) is 0.803. The molecule has 28 heavy (non-hydrogen) atoms. The van der Waals surface area contributed by atoms with Crippen molar-refractivity contribution in [1.29, 1.82) is 0 Å². The summed E-state index contributed by atoms with van der Waals surface area (Å²) >= 11 is 0. The second-order valence-electron chi connectivity index (χ2n) is 8.12. The molecular weight excluding hydrogens is 356 g/mol. The molecule has 3 N–H and O–H groups in total. The smallest absolute Gasteiger partial charge is 0.220 e. The van der Waals surface area contributed by atoms with Gasteiger partial charge in [-0.2, -0.15) is 0 Å². The van der Waals surface area contributed by atoms with Crippen molar-refractivity contribution >= 4 is 16.9 Å². The van der Waals surface area contributed by atoms with Gasteiger partial charge in [0.25, 0.3) is 0 Å². The van der Waals surface area contributed by atoms with Gasteiger partial charge in [-0.25, -0.2) is 4.98 Å². The zero-order chi connectivity index (χ0) is 19.7. The number of imidazole rings is 1. The molecule has 4 rings (SSSR count). The van der Waals surface area contributed by atoms with Crippen molar-refractivity contribution in [3.63, 3.8) is 0 Å². The van der Waals surface area contributed by atoms with Crippen molar-refractivity contribution < 1.29 is 14.6 Å². The highest BCUT2D eigenvalue weighted by Gasteiger charge is 2.39. The van der Waals surface area contributed by atoms with Gasteiger partial charge in [-0.05, 0) is 43.9 Å². The largest absolute Gasteiger partial charge is 0.389 e. The summed E-state index contributed by atoms with van der Waals surface area (Å²) in [5, 5.41) is 13.7. The number of benzene rings is 1. The molecule has 1 aromatic carbocycles. The van der Waals surface area contributed by atoms with Crippen LogP contribution in [0, 0.1) is 13.8 Å². The van der Waals surface area contributed by atoms with Gasteiger partial charge in [0.15, 0.2) is 0 Å². The summed E-state index contributed by atoms with van der Waals surface area (Å²) in [7, 11) is 0. The van der Waals surface area contributed by atoms with E-state index in [1.807, 2.05) is 0 Å². The molecule has 1 aliphatic carbocycles. The molecule has 152 valence electrons. The Balaban J connectivity index is 1.30. The fourth-order valence-electron chi connectivity index (χ4n) is 4.58. The SMILES string of the molecule is Cc1cc(C)c2nc(CCC(=O)N[C@@H]3CC[C@@H](N4CCOCC4)[C@@H]3O)[nH]c2c1. The number of aryl methyl sites for hydroxylation is 3. The molecule has 2 aliphatic rings. The van der Waals surface area contributed by atoms with E-state index in [0.717, 1.165) is 61.6 Å². The van der Waals surface area contributed by atoms with Gasteiger partial charge in [-0.3, -0.25) is 9.69 Å². The van der Waals surface area contributed by atoms with Gasteiger partial charge in [0.2, 0.25) is 5.91 Å². The van der Waals surface area contributed by atoms with Gasteiger partial charge in [-0.1, -0.05) is 6.07 Å². The average molecular weight is 386 g/mol. The molecule has 2 heterocycles. The number of fused-ring (bicyclic) bond motifs is 1. The molecule has 1 saturated carbocycles. The van der Waals surface area contributed by atoms with E-state index in [1.54, 1.807) is 0 Å². The molecule has 7 heteroatoms. The van der Waals surface area contributed by atoms with Crippen molar-refractivity contribution in [1.82, 2.24) is 20.2 Å². The van der Waals surface area contributed by atoms with Crippen molar-refractivity contribution in [2.24, 2.45) is 0 Å². The minimum Gasteiger partial charge on any atom is -0.389 e. The maximum absolute atomic E-state index is 12.4. The van der Waals surface area contributed by atoms with E-state index in [2.05, 4.69) is 46.2 Å². The minimum absolute atomic E-state index is 0.0277. The number of aromatic amines is 1. The minimum atomic E-state index is -0.515. The van der Waals surface area contributed by atoms with Crippen LogP contribution in [-0.4, -0.2) is 70.4 Å². The molecule has 0 spiro atoms. The maximum atomic E-state index is 12.4. The quantitative estimate of drug-likeness (QED) is 0.724. The number of hydrogen-bond donors (Lipinski definition) is 3. The molecular formula is C21H30N4O3. The lowest BCUT2D eigenvalue weighted by atomic mass is 10.1. The number of ether oxygens (including phenoxy) is 1. The lowest BCUT2D eigenvalue weighted by Gasteiger charge is -2.34. The second kappa shape index (κ2) is 8.19. The zero-order valence-electron chi connectivity index (χ0n) is 16.7. The summed E-state index contributed by atoms with van der Waals surface area (Å²) < 4.78 is 5.39. The molecule has 3 atom stereocenters. The molecule has 2 fully saturated rings. The van der Waals surface area contributed by atoms with E-state index >= 15 is 0 Å². The van der Waals surface area contributed by atoms with Crippen LogP contribution in [0.5, 0.6) is 0 Å². The Hall–Kier alpha value is -1.96. The van der Waals surface area contributed by atoms with Crippen LogP contribution >= 0.6 is 0 Å². The summed E-state index contributed by atoms with van der Waals surface area (Å²) in [6, 6.07) is 4.16. The first kappa shape index (κ1) is 19.4. The predicted molar refractivity (Wildman–Crippen MR) is 107 cm³/mol. The van der Waals surface area contributed by atoms with Crippen LogP contribution in [0.3, 0.4) is 0 Å². The predicted octanol–water partition coefficient (Wildman–Crippen LogP) is 1.45. The van der Waals surface area contributed by atoms with Gasteiger partial charge >= 0.3 is 0 Å². The number of amides is 1. The summed E-state index contributed by atoms with van der Waals surface area (Å²) in [5.41, 5.74) is 4.33. The van der Waals surface area contributed by atoms with Gasteiger partial charge in [-0.15, -0.1) is 0 Å². The van der Waals surface area contributed by atoms with E-state index in [9.17, 15) is 9.90 Å². The topological polar surface area (TPSA) is 90.5 Å². The first-order valence-electron chi connectivity index (χ1n) is 10.3. The van der Waals surface area contributed by atoms with Crippen molar-refractivity contribution in [3.8, 4) is 0 Å². The number of hydrogen-bond acceptors (Lipinski definition) is 5. The number of H-pyrrole nitrogens is 1. The van der Waals surface area contributed by atoms with Crippen LogP contribution < -0.4 is 5.32 Å². The lowest BCUT2D eigenvalue weighted by Crippen LogP contribution is -2.51. The Bertz CT molecular complexity index is 844. The number of nitrogens with zero attached hydrogens (tertiary/aromatic N) is 2. The first-order chi connectivity index (χ1) is 13.5. The molecule has 1 aliphatic heterocycles. The van der Waals surface area contributed by atoms with Crippen LogP contribution in [-0.2, 0) is 16.0 Å². The Morgan fingerprint density at radius 3 is 2.89 bits per heavy atom. The van der Waals surface area contributed by atoms with E-state index < -0.39 is 6.10 Å². The monoisotopic (exact) mass is 386 g/mol. The third kappa shape index (κ3) is 4.06. The number of carbonyl (C=O) groups excluding carboxylic acids is 1. The molecule has 0 unspecified atom stereocenters. The molecule has 2 aromatic rings. The number of nitrogens with one attached hydrogen (secondary N) is 2. The van der Waals surface area contributed by atoms with Crippen LogP contribution in [0.1, 0.15) is 36.2 Å². The maximum Gasteiger partial charge on any atom is 0.220 e. The van der Waals surface area contributed by atoms with Crippen LogP contribution in [0.15, 0.2) is 12.1 Å². The number of carbonyl (C=O) groups is 1. The Labute approximate surface area is 165 Å². The molecule has 1 saturated heterocycles. The van der Waals surface area contributed by atoms with Gasteiger partial charge in [0, 0.05) is 32.0 Å².